The summed E-state index contributed by atoms with van der Waals surface area (Å²) in [6.07, 6.45) is 90.6. The number of carbonyl (C=O) groups excluding carboxylic acids is 2. The number of allylic oxidation sites excluding steroid dienone is 7. The van der Waals surface area contributed by atoms with E-state index in [4.69, 9.17) is 4.74 Å². The molecule has 1 amide bonds. The number of hydrogen-bond donors (Lipinski definition) is 3. The van der Waals surface area contributed by atoms with Crippen molar-refractivity contribution >= 4 is 11.9 Å². The van der Waals surface area contributed by atoms with Crippen molar-refractivity contribution < 1.29 is 24.5 Å². The van der Waals surface area contributed by atoms with Gasteiger partial charge in [0.05, 0.1) is 25.4 Å². The highest BCUT2D eigenvalue weighted by Crippen LogP contribution is 2.18. The summed E-state index contributed by atoms with van der Waals surface area (Å²) in [6, 6.07) is -0.627. The fourth-order valence-electron chi connectivity index (χ4n) is 11.1. The van der Waals surface area contributed by atoms with Crippen LogP contribution in [0.15, 0.2) is 48.6 Å². The van der Waals surface area contributed by atoms with E-state index in [1.54, 1.807) is 6.08 Å². The lowest BCUT2D eigenvalue weighted by atomic mass is 10.0. The molecule has 0 aromatic carbocycles. The van der Waals surface area contributed by atoms with Gasteiger partial charge in [-0.25, -0.2) is 0 Å². The van der Waals surface area contributed by atoms with Crippen LogP contribution in [0, 0.1) is 0 Å². The first-order valence-corrected chi connectivity index (χ1v) is 35.9. The SMILES string of the molecule is CCCCCCCC/C=C\CCCCCCCC(=O)OCCCCCCCCCCC/C=C\C/C=C\CCCCCCCCCCCCCCCCCCCC(=O)NC(CO)C(O)/C=C/CCCCCCCCCCCCCCC. The second-order valence-corrected chi connectivity index (χ2v) is 24.6. The molecule has 0 aromatic rings. The Morgan fingerprint density at radius 3 is 0.963 bits per heavy atom. The Morgan fingerprint density at radius 2 is 0.625 bits per heavy atom. The highest BCUT2D eigenvalue weighted by molar-refractivity contribution is 5.76. The summed E-state index contributed by atoms with van der Waals surface area (Å²) >= 11 is 0. The molecule has 0 saturated heterocycles. The van der Waals surface area contributed by atoms with Gasteiger partial charge in [-0.15, -0.1) is 0 Å². The van der Waals surface area contributed by atoms with Crippen molar-refractivity contribution in [2.24, 2.45) is 0 Å². The molecule has 2 unspecified atom stereocenters. The zero-order valence-electron chi connectivity index (χ0n) is 53.8. The summed E-state index contributed by atoms with van der Waals surface area (Å²) in [6.45, 7) is 4.92. The zero-order valence-corrected chi connectivity index (χ0v) is 53.8. The standard InChI is InChI=1S/C74H139NO5/c1-3-5-7-9-11-13-15-17-38-42-46-50-54-58-62-66-72(77)71(70-76)75-73(78)67-63-59-55-51-47-43-40-36-34-32-30-28-26-24-22-20-19-21-23-25-27-29-31-33-35-37-41-45-49-53-57-61-65-69-80-74(79)68-64-60-56-52-48-44-39-18-16-14-12-10-8-6-4-2/h18,23,25,29,31,39,62,66,71-72,76-77H,3-17,19-22,24,26-28,30,32-38,40-61,63-65,67-70H2,1-2H3,(H,75,78)/b25-23-,31-29-,39-18-,66-62+. The molecule has 3 N–H and O–H groups in total. The van der Waals surface area contributed by atoms with E-state index < -0.39 is 12.1 Å². The molecule has 470 valence electrons. The van der Waals surface area contributed by atoms with Crippen LogP contribution in [0.2, 0.25) is 0 Å². The zero-order chi connectivity index (χ0) is 57.8. The predicted molar refractivity (Wildman–Crippen MR) is 352 cm³/mol. The molecule has 0 aliphatic carbocycles. The topological polar surface area (TPSA) is 95.9 Å². The molecule has 80 heavy (non-hydrogen) atoms. The van der Waals surface area contributed by atoms with Crippen molar-refractivity contribution in [1.82, 2.24) is 5.32 Å². The number of aliphatic hydroxyl groups is 2. The molecule has 2 atom stereocenters. The van der Waals surface area contributed by atoms with Crippen molar-refractivity contribution in [3.05, 3.63) is 48.6 Å². The third-order valence-corrected chi connectivity index (χ3v) is 16.6. The van der Waals surface area contributed by atoms with Gasteiger partial charge in [-0.3, -0.25) is 9.59 Å². The van der Waals surface area contributed by atoms with Gasteiger partial charge in [0.2, 0.25) is 5.91 Å². The molecular formula is C74H139NO5. The molecule has 0 spiro atoms. The number of nitrogens with one attached hydrogen (secondary N) is 1. The summed E-state index contributed by atoms with van der Waals surface area (Å²) in [5.41, 5.74) is 0. The number of hydrogen-bond acceptors (Lipinski definition) is 5. The summed E-state index contributed by atoms with van der Waals surface area (Å²) in [5.74, 6) is -0.0582. The second kappa shape index (κ2) is 69.3. The van der Waals surface area contributed by atoms with E-state index in [-0.39, 0.29) is 18.5 Å². The minimum absolute atomic E-state index is 0.00610. The van der Waals surface area contributed by atoms with Gasteiger partial charge in [-0.05, 0) is 89.9 Å². The third kappa shape index (κ3) is 65.0. The molecule has 6 nitrogen and oxygen atoms in total. The lowest BCUT2D eigenvalue weighted by molar-refractivity contribution is -0.143. The van der Waals surface area contributed by atoms with Gasteiger partial charge in [-0.1, -0.05) is 332 Å². The minimum Gasteiger partial charge on any atom is -0.466 e. The molecule has 0 saturated carbocycles. The van der Waals surface area contributed by atoms with Crippen molar-refractivity contribution in [2.45, 2.75) is 398 Å². The molecule has 0 heterocycles. The molecule has 0 fully saturated rings. The molecular weight excluding hydrogens is 983 g/mol. The van der Waals surface area contributed by atoms with E-state index in [0.29, 0.717) is 19.4 Å². The van der Waals surface area contributed by atoms with Crippen molar-refractivity contribution in [3.63, 3.8) is 0 Å². The number of ether oxygens (including phenoxy) is 1. The van der Waals surface area contributed by atoms with E-state index in [0.717, 1.165) is 51.4 Å². The summed E-state index contributed by atoms with van der Waals surface area (Å²) in [5, 5.41) is 23.2. The first-order chi connectivity index (χ1) is 39.5. The number of carbonyl (C=O) groups is 2. The van der Waals surface area contributed by atoms with Crippen LogP contribution < -0.4 is 5.32 Å². The average molecular weight is 1120 g/mol. The Hall–Kier alpha value is -2.18. The van der Waals surface area contributed by atoms with Crippen molar-refractivity contribution in [1.29, 1.82) is 0 Å². The van der Waals surface area contributed by atoms with Gasteiger partial charge >= 0.3 is 5.97 Å². The van der Waals surface area contributed by atoms with Gasteiger partial charge in [-0.2, -0.15) is 0 Å². The van der Waals surface area contributed by atoms with E-state index in [1.165, 1.54) is 308 Å². The van der Waals surface area contributed by atoms with Gasteiger partial charge < -0.3 is 20.3 Å². The van der Waals surface area contributed by atoms with Crippen LogP contribution >= 0.6 is 0 Å². The number of amides is 1. The number of rotatable bonds is 67. The summed E-state index contributed by atoms with van der Waals surface area (Å²) < 4.78 is 5.49. The lowest BCUT2D eigenvalue weighted by Gasteiger charge is -2.20. The van der Waals surface area contributed by atoms with Crippen LogP contribution in [0.25, 0.3) is 0 Å². The van der Waals surface area contributed by atoms with Crippen LogP contribution in [0.5, 0.6) is 0 Å². The Labute approximate surface area is 499 Å². The number of aliphatic hydroxyl groups excluding tert-OH is 2. The summed E-state index contributed by atoms with van der Waals surface area (Å²) in [7, 11) is 0. The predicted octanol–water partition coefficient (Wildman–Crippen LogP) is 23.3. The maximum absolute atomic E-state index is 12.5. The molecule has 0 aliphatic heterocycles. The van der Waals surface area contributed by atoms with E-state index in [1.807, 2.05) is 6.08 Å². The maximum Gasteiger partial charge on any atom is 0.305 e. The normalized spacial score (nSPS) is 12.8. The van der Waals surface area contributed by atoms with E-state index >= 15 is 0 Å². The third-order valence-electron chi connectivity index (χ3n) is 16.6. The van der Waals surface area contributed by atoms with Gasteiger partial charge in [0.1, 0.15) is 0 Å². The second-order valence-electron chi connectivity index (χ2n) is 24.6. The maximum atomic E-state index is 12.5. The number of unbranched alkanes of at least 4 members (excludes halogenated alkanes) is 50. The van der Waals surface area contributed by atoms with E-state index in [9.17, 15) is 19.8 Å². The average Bonchev–Trinajstić information content (AvgIpc) is 3.46. The van der Waals surface area contributed by atoms with Crippen molar-refractivity contribution in [2.75, 3.05) is 13.2 Å². The van der Waals surface area contributed by atoms with Crippen LogP contribution in [0.1, 0.15) is 386 Å². The summed E-state index contributed by atoms with van der Waals surface area (Å²) in [4.78, 5) is 24.6. The van der Waals surface area contributed by atoms with Crippen LogP contribution in [0.3, 0.4) is 0 Å². The monoisotopic (exact) mass is 1120 g/mol. The Balaban J connectivity index is 3.39. The Morgan fingerprint density at radius 1 is 0.350 bits per heavy atom. The van der Waals surface area contributed by atoms with Gasteiger partial charge in [0.25, 0.3) is 0 Å². The first kappa shape index (κ1) is 77.8. The first-order valence-electron chi connectivity index (χ1n) is 35.9. The van der Waals surface area contributed by atoms with Crippen molar-refractivity contribution in [3.8, 4) is 0 Å². The quantitative estimate of drug-likeness (QED) is 0.0320. The van der Waals surface area contributed by atoms with Gasteiger partial charge in [0.15, 0.2) is 0 Å². The fraction of sp³-hybridized carbons (Fsp3) is 0.865. The molecule has 0 rings (SSSR count). The van der Waals surface area contributed by atoms with Gasteiger partial charge in [0, 0.05) is 12.8 Å². The molecule has 0 aromatic heterocycles. The molecule has 0 aliphatic rings. The highest BCUT2D eigenvalue weighted by Gasteiger charge is 2.18. The van der Waals surface area contributed by atoms with Crippen LogP contribution in [0.4, 0.5) is 0 Å². The largest absolute Gasteiger partial charge is 0.466 e. The Bertz CT molecular complexity index is 1340. The molecule has 6 heteroatoms. The number of esters is 1. The Kier molecular flexibility index (Phi) is 67.4. The smallest absolute Gasteiger partial charge is 0.305 e. The molecule has 0 radical (unpaired) electrons. The van der Waals surface area contributed by atoms with Crippen LogP contribution in [-0.2, 0) is 14.3 Å². The van der Waals surface area contributed by atoms with E-state index in [2.05, 4.69) is 55.6 Å². The fourth-order valence-corrected chi connectivity index (χ4v) is 11.1. The molecule has 0 bridgehead atoms. The minimum atomic E-state index is -0.843. The highest BCUT2D eigenvalue weighted by atomic mass is 16.5. The van der Waals surface area contributed by atoms with Crippen LogP contribution in [-0.4, -0.2) is 47.4 Å². The lowest BCUT2D eigenvalue weighted by Crippen LogP contribution is -2.45.